The molecule has 2 aliphatic rings. The molecule has 0 amide bonds. The molecule has 3 heteroatoms. The Hall–Kier alpha value is -1.22. The average molecular weight is 317 g/mol. The van der Waals surface area contributed by atoms with E-state index in [4.69, 9.17) is 9.47 Å². The van der Waals surface area contributed by atoms with Gasteiger partial charge in [-0.2, -0.15) is 0 Å². The summed E-state index contributed by atoms with van der Waals surface area (Å²) in [5.74, 6) is 2.70. The lowest BCUT2D eigenvalue weighted by atomic mass is 9.81. The Morgan fingerprint density at radius 1 is 1.00 bits per heavy atom. The molecule has 1 aliphatic heterocycles. The highest BCUT2D eigenvalue weighted by Gasteiger charge is 2.26. The van der Waals surface area contributed by atoms with Gasteiger partial charge in [0.25, 0.3) is 0 Å². The first-order chi connectivity index (χ1) is 11.3. The summed E-state index contributed by atoms with van der Waals surface area (Å²) in [6.07, 6.45) is 9.42. The first-order valence-electron chi connectivity index (χ1n) is 9.47. The second-order valence-corrected chi connectivity index (χ2v) is 6.86. The summed E-state index contributed by atoms with van der Waals surface area (Å²) in [6, 6.07) is 4.94. The maximum atomic E-state index is 5.84. The molecule has 23 heavy (non-hydrogen) atoms. The van der Waals surface area contributed by atoms with Crippen LogP contribution >= 0.6 is 0 Å². The zero-order valence-corrected chi connectivity index (χ0v) is 14.7. The van der Waals surface area contributed by atoms with Crippen LogP contribution in [0, 0.1) is 5.92 Å². The van der Waals surface area contributed by atoms with E-state index in [-0.39, 0.29) is 0 Å². The van der Waals surface area contributed by atoms with Gasteiger partial charge in [-0.25, -0.2) is 0 Å². The topological polar surface area (TPSA) is 30.5 Å². The zero-order valence-electron chi connectivity index (χ0n) is 14.7. The third-order valence-corrected chi connectivity index (χ3v) is 5.26. The maximum absolute atomic E-state index is 5.84. The van der Waals surface area contributed by atoms with Crippen molar-refractivity contribution in [3.05, 3.63) is 23.3 Å². The van der Waals surface area contributed by atoms with Crippen LogP contribution in [0.3, 0.4) is 0 Å². The molecule has 1 aliphatic carbocycles. The highest BCUT2D eigenvalue weighted by atomic mass is 16.5. The number of benzene rings is 1. The third-order valence-electron chi connectivity index (χ3n) is 5.26. The van der Waals surface area contributed by atoms with Crippen molar-refractivity contribution in [1.29, 1.82) is 0 Å². The molecule has 1 N–H and O–H groups in total. The summed E-state index contributed by atoms with van der Waals surface area (Å²) < 4.78 is 11.6. The van der Waals surface area contributed by atoms with Gasteiger partial charge in [-0.1, -0.05) is 32.1 Å². The molecule has 0 saturated heterocycles. The van der Waals surface area contributed by atoms with Crippen LogP contribution in [0.4, 0.5) is 0 Å². The largest absolute Gasteiger partial charge is 0.490 e. The fraction of sp³-hybridized carbons (Fsp3) is 0.700. The van der Waals surface area contributed by atoms with Gasteiger partial charge >= 0.3 is 0 Å². The van der Waals surface area contributed by atoms with Gasteiger partial charge in [-0.15, -0.1) is 0 Å². The van der Waals surface area contributed by atoms with E-state index in [9.17, 15) is 0 Å². The van der Waals surface area contributed by atoms with E-state index in [1.807, 2.05) is 13.8 Å². The summed E-state index contributed by atoms with van der Waals surface area (Å²) in [7, 11) is 0. The molecule has 1 aromatic carbocycles. The second-order valence-electron chi connectivity index (χ2n) is 6.86. The molecule has 3 nitrogen and oxygen atoms in total. The number of fused-ring (bicyclic) bond motifs is 1. The summed E-state index contributed by atoms with van der Waals surface area (Å²) in [5, 5.41) is 3.75. The molecular formula is C20H31NO2. The van der Waals surface area contributed by atoms with Crippen LogP contribution in [0.25, 0.3) is 0 Å². The lowest BCUT2D eigenvalue weighted by molar-refractivity contribution is 0.281. The molecule has 1 atom stereocenters. The monoisotopic (exact) mass is 317 g/mol. The molecule has 1 heterocycles. The highest BCUT2D eigenvalue weighted by Crippen LogP contribution is 2.39. The van der Waals surface area contributed by atoms with Crippen molar-refractivity contribution in [3.8, 4) is 11.5 Å². The quantitative estimate of drug-likeness (QED) is 0.829. The molecule has 128 valence electrons. The Morgan fingerprint density at radius 3 is 2.39 bits per heavy atom. The van der Waals surface area contributed by atoms with Crippen LogP contribution in [-0.4, -0.2) is 19.8 Å². The van der Waals surface area contributed by atoms with Crippen LogP contribution in [0.1, 0.15) is 69.5 Å². The number of hydrogen-bond acceptors (Lipinski definition) is 3. The smallest absolute Gasteiger partial charge is 0.161 e. The number of rotatable bonds is 6. The van der Waals surface area contributed by atoms with Crippen molar-refractivity contribution >= 4 is 0 Å². The van der Waals surface area contributed by atoms with E-state index in [0.29, 0.717) is 19.3 Å². The van der Waals surface area contributed by atoms with Gasteiger partial charge in [0.1, 0.15) is 0 Å². The fourth-order valence-corrected chi connectivity index (χ4v) is 4.15. The summed E-state index contributed by atoms with van der Waals surface area (Å²) >= 11 is 0. The van der Waals surface area contributed by atoms with Crippen molar-refractivity contribution < 1.29 is 9.47 Å². The molecule has 1 unspecified atom stereocenters. The molecule has 1 saturated carbocycles. The van der Waals surface area contributed by atoms with Crippen molar-refractivity contribution in [1.82, 2.24) is 5.32 Å². The lowest BCUT2D eigenvalue weighted by Gasteiger charge is -2.32. The van der Waals surface area contributed by atoms with Crippen molar-refractivity contribution in [2.24, 2.45) is 5.92 Å². The first-order valence-corrected chi connectivity index (χ1v) is 9.47. The minimum Gasteiger partial charge on any atom is -0.490 e. The molecule has 3 rings (SSSR count). The van der Waals surface area contributed by atoms with Crippen LogP contribution in [-0.2, 0) is 6.42 Å². The second kappa shape index (κ2) is 8.05. The predicted octanol–water partition coefficient (Wildman–Crippen LogP) is 4.64. The highest BCUT2D eigenvalue weighted by molar-refractivity contribution is 5.49. The Morgan fingerprint density at radius 2 is 1.70 bits per heavy atom. The molecule has 0 bridgehead atoms. The minimum atomic E-state index is 0.483. The molecule has 0 radical (unpaired) electrons. The minimum absolute atomic E-state index is 0.483. The number of hydrogen-bond donors (Lipinski definition) is 1. The van der Waals surface area contributed by atoms with E-state index < -0.39 is 0 Å². The van der Waals surface area contributed by atoms with Crippen LogP contribution in [0.2, 0.25) is 0 Å². The van der Waals surface area contributed by atoms with E-state index >= 15 is 0 Å². The lowest BCUT2D eigenvalue weighted by Crippen LogP contribution is -2.31. The summed E-state index contributed by atoms with van der Waals surface area (Å²) in [5.41, 5.74) is 2.88. The fourth-order valence-electron chi connectivity index (χ4n) is 4.15. The van der Waals surface area contributed by atoms with Gasteiger partial charge in [-0.3, -0.25) is 0 Å². The summed E-state index contributed by atoms with van der Waals surface area (Å²) in [4.78, 5) is 0. The molecule has 1 fully saturated rings. The summed E-state index contributed by atoms with van der Waals surface area (Å²) in [6.45, 7) is 6.50. The predicted molar refractivity (Wildman–Crippen MR) is 94.4 cm³/mol. The Kier molecular flexibility index (Phi) is 5.82. The van der Waals surface area contributed by atoms with E-state index in [2.05, 4.69) is 17.4 Å². The number of ether oxygens (including phenoxy) is 2. The van der Waals surface area contributed by atoms with Crippen LogP contribution in [0.15, 0.2) is 12.1 Å². The van der Waals surface area contributed by atoms with Gasteiger partial charge in [0.05, 0.1) is 13.2 Å². The van der Waals surface area contributed by atoms with Gasteiger partial charge in [-0.05, 0) is 62.4 Å². The molecule has 0 aromatic heterocycles. The van der Waals surface area contributed by atoms with Gasteiger partial charge < -0.3 is 14.8 Å². The Bertz CT molecular complexity index is 509. The van der Waals surface area contributed by atoms with Crippen LogP contribution in [0.5, 0.6) is 11.5 Å². The van der Waals surface area contributed by atoms with Gasteiger partial charge in [0, 0.05) is 6.04 Å². The molecular weight excluding hydrogens is 286 g/mol. The maximum Gasteiger partial charge on any atom is 0.161 e. The average Bonchev–Trinajstić information content (AvgIpc) is 2.57. The standard InChI is InChI=1S/C20H31NO2/c1-3-22-19-13-16-10-11-21-18(12-15-8-6-5-7-9-15)17(16)14-20(19)23-4-2/h13-15,18,21H,3-12H2,1-2H3. The third kappa shape index (κ3) is 4.00. The Balaban J connectivity index is 1.82. The zero-order chi connectivity index (χ0) is 16.1. The van der Waals surface area contributed by atoms with E-state index in [1.165, 1.54) is 49.7 Å². The van der Waals surface area contributed by atoms with E-state index in [0.717, 1.165) is 30.4 Å². The molecule has 0 spiro atoms. The van der Waals surface area contributed by atoms with Crippen molar-refractivity contribution in [2.75, 3.05) is 19.8 Å². The van der Waals surface area contributed by atoms with E-state index in [1.54, 1.807) is 0 Å². The molecule has 1 aromatic rings. The van der Waals surface area contributed by atoms with Crippen molar-refractivity contribution in [3.63, 3.8) is 0 Å². The SMILES string of the molecule is CCOc1cc2c(cc1OCC)C(CC1CCCCC1)NCC2. The van der Waals surface area contributed by atoms with Gasteiger partial charge in [0.2, 0.25) is 0 Å². The number of nitrogens with one attached hydrogen (secondary N) is 1. The van der Waals surface area contributed by atoms with Crippen LogP contribution < -0.4 is 14.8 Å². The van der Waals surface area contributed by atoms with Crippen molar-refractivity contribution in [2.45, 2.75) is 64.8 Å². The first kappa shape index (κ1) is 16.6. The Labute approximate surface area is 140 Å². The normalized spacial score (nSPS) is 21.7. The van der Waals surface area contributed by atoms with Gasteiger partial charge in [0.15, 0.2) is 11.5 Å².